The van der Waals surface area contributed by atoms with E-state index in [4.69, 9.17) is 0 Å². The van der Waals surface area contributed by atoms with E-state index in [2.05, 4.69) is 84.3 Å². The zero-order chi connectivity index (χ0) is 19.6. The lowest BCUT2D eigenvalue weighted by Crippen LogP contribution is -2.37. The number of rotatable bonds is 4. The zero-order valence-corrected chi connectivity index (χ0v) is 17.9. The highest BCUT2D eigenvalue weighted by atomic mass is 15.2. The summed E-state index contributed by atoms with van der Waals surface area (Å²) < 4.78 is 0. The highest BCUT2D eigenvalue weighted by molar-refractivity contribution is 5.15. The number of hydrogen-bond acceptors (Lipinski definition) is 2. The molecule has 0 amide bonds. The maximum absolute atomic E-state index is 2.68. The second kappa shape index (κ2) is 11.4. The standard InChI is InChI=1S/C26H38N2/c1-23-13-14-24(2)16-18-28(22-26-11-7-4-8-12-26)20-19-27(17-15-23)21-25-9-5-3-6-10-25/h3-12,23-24H,13-22H2,1-2H3. The molecule has 2 atom stereocenters. The molecule has 0 aliphatic carbocycles. The second-order valence-corrected chi connectivity index (χ2v) is 8.89. The Labute approximate surface area is 172 Å². The lowest BCUT2D eigenvalue weighted by Gasteiger charge is -2.30. The first-order valence-electron chi connectivity index (χ1n) is 11.2. The van der Waals surface area contributed by atoms with Crippen LogP contribution in [-0.2, 0) is 13.1 Å². The summed E-state index contributed by atoms with van der Waals surface area (Å²) in [5, 5.41) is 0. The molecule has 1 aliphatic rings. The van der Waals surface area contributed by atoms with Gasteiger partial charge in [-0.2, -0.15) is 0 Å². The highest BCUT2D eigenvalue weighted by Crippen LogP contribution is 2.20. The van der Waals surface area contributed by atoms with Crippen LogP contribution in [-0.4, -0.2) is 36.0 Å². The third-order valence-corrected chi connectivity index (χ3v) is 6.26. The van der Waals surface area contributed by atoms with Crippen LogP contribution < -0.4 is 0 Å². The van der Waals surface area contributed by atoms with Gasteiger partial charge in [0.05, 0.1) is 0 Å². The molecule has 0 saturated carbocycles. The van der Waals surface area contributed by atoms with Gasteiger partial charge in [-0.05, 0) is 48.9 Å². The minimum absolute atomic E-state index is 0.834. The van der Waals surface area contributed by atoms with Crippen LogP contribution in [0.15, 0.2) is 60.7 Å². The van der Waals surface area contributed by atoms with E-state index in [0.717, 1.165) is 38.0 Å². The maximum Gasteiger partial charge on any atom is 0.0234 e. The van der Waals surface area contributed by atoms with E-state index in [0.29, 0.717) is 0 Å². The summed E-state index contributed by atoms with van der Waals surface area (Å²) in [7, 11) is 0. The summed E-state index contributed by atoms with van der Waals surface area (Å²) in [6.45, 7) is 11.8. The summed E-state index contributed by atoms with van der Waals surface area (Å²) in [4.78, 5) is 5.35. The van der Waals surface area contributed by atoms with Crippen molar-refractivity contribution in [1.82, 2.24) is 9.80 Å². The smallest absolute Gasteiger partial charge is 0.0234 e. The van der Waals surface area contributed by atoms with Crippen molar-refractivity contribution in [2.75, 3.05) is 26.2 Å². The van der Waals surface area contributed by atoms with Gasteiger partial charge in [0.25, 0.3) is 0 Å². The predicted molar refractivity (Wildman–Crippen MR) is 120 cm³/mol. The Morgan fingerprint density at radius 2 is 0.964 bits per heavy atom. The Morgan fingerprint density at radius 1 is 0.571 bits per heavy atom. The summed E-state index contributed by atoms with van der Waals surface area (Å²) in [5.41, 5.74) is 2.87. The summed E-state index contributed by atoms with van der Waals surface area (Å²) >= 11 is 0. The summed E-state index contributed by atoms with van der Waals surface area (Å²) in [6, 6.07) is 22.0. The van der Waals surface area contributed by atoms with Crippen molar-refractivity contribution in [3.63, 3.8) is 0 Å². The van der Waals surface area contributed by atoms with Gasteiger partial charge >= 0.3 is 0 Å². The maximum atomic E-state index is 2.68. The molecule has 0 aromatic heterocycles. The van der Waals surface area contributed by atoms with Crippen LogP contribution in [0, 0.1) is 11.8 Å². The Hall–Kier alpha value is -1.64. The molecule has 152 valence electrons. The largest absolute Gasteiger partial charge is 0.298 e. The summed E-state index contributed by atoms with van der Waals surface area (Å²) in [5.74, 6) is 1.67. The van der Waals surface area contributed by atoms with Crippen LogP contribution in [0.25, 0.3) is 0 Å². The Morgan fingerprint density at radius 3 is 1.36 bits per heavy atom. The Balaban J connectivity index is 1.66. The minimum Gasteiger partial charge on any atom is -0.298 e. The van der Waals surface area contributed by atoms with Crippen molar-refractivity contribution in [2.45, 2.75) is 52.6 Å². The van der Waals surface area contributed by atoms with E-state index in [1.54, 1.807) is 0 Å². The molecule has 2 unspecified atom stereocenters. The van der Waals surface area contributed by atoms with E-state index in [1.807, 2.05) is 0 Å². The first kappa shape index (κ1) is 21.1. The lowest BCUT2D eigenvalue weighted by molar-refractivity contribution is 0.170. The molecule has 2 heteroatoms. The van der Waals surface area contributed by atoms with Gasteiger partial charge in [-0.25, -0.2) is 0 Å². The van der Waals surface area contributed by atoms with Gasteiger partial charge in [0, 0.05) is 26.2 Å². The van der Waals surface area contributed by atoms with Gasteiger partial charge in [-0.3, -0.25) is 9.80 Å². The molecule has 0 spiro atoms. The molecular weight excluding hydrogens is 340 g/mol. The Bertz CT molecular complexity index is 595. The molecule has 1 aliphatic heterocycles. The summed E-state index contributed by atoms with van der Waals surface area (Å²) in [6.07, 6.45) is 5.38. The van der Waals surface area contributed by atoms with Crippen LogP contribution in [0.5, 0.6) is 0 Å². The highest BCUT2D eigenvalue weighted by Gasteiger charge is 2.16. The van der Waals surface area contributed by atoms with Crippen LogP contribution in [0.1, 0.15) is 50.7 Å². The van der Waals surface area contributed by atoms with Gasteiger partial charge in [0.1, 0.15) is 0 Å². The van der Waals surface area contributed by atoms with Crippen molar-refractivity contribution < 1.29 is 0 Å². The third kappa shape index (κ3) is 7.41. The molecule has 0 bridgehead atoms. The fourth-order valence-corrected chi connectivity index (χ4v) is 4.17. The van der Waals surface area contributed by atoms with Crippen molar-refractivity contribution in [3.05, 3.63) is 71.8 Å². The molecular formula is C26H38N2. The van der Waals surface area contributed by atoms with E-state index in [9.17, 15) is 0 Å². The van der Waals surface area contributed by atoms with Crippen LogP contribution in [0.2, 0.25) is 0 Å². The van der Waals surface area contributed by atoms with E-state index >= 15 is 0 Å². The number of nitrogens with zero attached hydrogens (tertiary/aromatic N) is 2. The molecule has 2 aromatic carbocycles. The monoisotopic (exact) mass is 378 g/mol. The van der Waals surface area contributed by atoms with Gasteiger partial charge < -0.3 is 0 Å². The molecule has 3 rings (SSSR count). The van der Waals surface area contributed by atoms with Crippen LogP contribution in [0.4, 0.5) is 0 Å². The van der Waals surface area contributed by atoms with Crippen LogP contribution >= 0.6 is 0 Å². The fourth-order valence-electron chi connectivity index (χ4n) is 4.17. The average Bonchev–Trinajstić information content (AvgIpc) is 2.72. The predicted octanol–water partition coefficient (Wildman–Crippen LogP) is 5.84. The van der Waals surface area contributed by atoms with Crippen LogP contribution in [0.3, 0.4) is 0 Å². The van der Waals surface area contributed by atoms with Gasteiger partial charge in [-0.1, -0.05) is 87.4 Å². The van der Waals surface area contributed by atoms with Crippen molar-refractivity contribution in [1.29, 1.82) is 0 Å². The first-order valence-corrected chi connectivity index (χ1v) is 11.2. The Kier molecular flexibility index (Phi) is 8.57. The first-order chi connectivity index (χ1) is 13.7. The molecule has 1 saturated heterocycles. The topological polar surface area (TPSA) is 6.48 Å². The van der Waals surface area contributed by atoms with E-state index in [-0.39, 0.29) is 0 Å². The van der Waals surface area contributed by atoms with Crippen molar-refractivity contribution in [3.8, 4) is 0 Å². The van der Waals surface area contributed by atoms with Gasteiger partial charge in [-0.15, -0.1) is 0 Å². The lowest BCUT2D eigenvalue weighted by atomic mass is 9.93. The minimum atomic E-state index is 0.834. The molecule has 0 N–H and O–H groups in total. The quantitative estimate of drug-likeness (QED) is 0.660. The van der Waals surface area contributed by atoms with E-state index in [1.165, 1.54) is 49.9 Å². The van der Waals surface area contributed by atoms with Gasteiger partial charge in [0.2, 0.25) is 0 Å². The SMILES string of the molecule is CC1CCC(C)CCN(Cc2ccccc2)CCN(Cc2ccccc2)CC1. The molecule has 0 radical (unpaired) electrons. The van der Waals surface area contributed by atoms with E-state index < -0.39 is 0 Å². The molecule has 28 heavy (non-hydrogen) atoms. The van der Waals surface area contributed by atoms with Crippen molar-refractivity contribution in [2.24, 2.45) is 11.8 Å². The fraction of sp³-hybridized carbons (Fsp3) is 0.538. The van der Waals surface area contributed by atoms with Gasteiger partial charge in [0.15, 0.2) is 0 Å². The molecule has 1 heterocycles. The number of benzene rings is 2. The molecule has 2 nitrogen and oxygen atoms in total. The van der Waals surface area contributed by atoms with Crippen molar-refractivity contribution >= 4 is 0 Å². The average molecular weight is 379 g/mol. The molecule has 2 aromatic rings. The number of hydrogen-bond donors (Lipinski definition) is 0. The second-order valence-electron chi connectivity index (χ2n) is 8.89. The third-order valence-electron chi connectivity index (χ3n) is 6.26. The normalized spacial score (nSPS) is 23.6. The molecule has 1 fully saturated rings. The zero-order valence-electron chi connectivity index (χ0n) is 17.9.